The predicted octanol–water partition coefficient (Wildman–Crippen LogP) is 4.67. The summed E-state index contributed by atoms with van der Waals surface area (Å²) in [4.78, 5) is 4.74. The molecule has 0 fully saturated rings. The zero-order valence-corrected chi connectivity index (χ0v) is 12.6. The highest BCUT2D eigenvalue weighted by Crippen LogP contribution is 2.32. The van der Waals surface area contributed by atoms with Gasteiger partial charge in [0.05, 0.1) is 10.2 Å². The van der Waals surface area contributed by atoms with Crippen LogP contribution in [-0.4, -0.2) is 4.98 Å². The Labute approximate surface area is 123 Å². The molecule has 2 N–H and O–H groups in total. The summed E-state index contributed by atoms with van der Waals surface area (Å²) in [6.07, 6.45) is 2.01. The van der Waals surface area contributed by atoms with Gasteiger partial charge in [0.25, 0.3) is 0 Å². The Morgan fingerprint density at radius 3 is 2.65 bits per heavy atom. The van der Waals surface area contributed by atoms with Crippen LogP contribution in [0.15, 0.2) is 36.4 Å². The molecule has 0 amide bonds. The molecule has 102 valence electrons. The van der Waals surface area contributed by atoms with Gasteiger partial charge in [-0.2, -0.15) is 0 Å². The second kappa shape index (κ2) is 5.25. The van der Waals surface area contributed by atoms with Gasteiger partial charge < -0.3 is 5.73 Å². The first-order valence-electron chi connectivity index (χ1n) is 6.99. The molecule has 0 aliphatic heterocycles. The number of nitrogen functional groups attached to an aromatic ring is 1. The average molecular weight is 282 g/mol. The molecule has 2 aromatic carbocycles. The maximum atomic E-state index is 5.97. The lowest BCUT2D eigenvalue weighted by Crippen LogP contribution is -1.92. The van der Waals surface area contributed by atoms with Crippen molar-refractivity contribution < 1.29 is 0 Å². The molecule has 1 heterocycles. The van der Waals surface area contributed by atoms with E-state index in [1.54, 1.807) is 11.3 Å². The van der Waals surface area contributed by atoms with Gasteiger partial charge in [0.2, 0.25) is 0 Å². The molecule has 2 nitrogen and oxygen atoms in total. The third-order valence-electron chi connectivity index (χ3n) is 3.63. The first-order valence-corrected chi connectivity index (χ1v) is 7.81. The molecule has 3 rings (SSSR count). The molecular formula is C17H18N2S. The van der Waals surface area contributed by atoms with E-state index < -0.39 is 0 Å². The number of nitrogens with two attached hydrogens (primary N) is 1. The van der Waals surface area contributed by atoms with Crippen LogP contribution in [0.1, 0.15) is 25.0 Å². The molecule has 0 spiro atoms. The molecule has 0 bridgehead atoms. The molecule has 3 aromatic rings. The van der Waals surface area contributed by atoms with Crippen molar-refractivity contribution >= 4 is 27.2 Å². The number of thiazole rings is 1. The van der Waals surface area contributed by atoms with Crippen LogP contribution in [0.25, 0.3) is 20.8 Å². The molecule has 3 heteroatoms. The maximum absolute atomic E-state index is 5.97. The summed E-state index contributed by atoms with van der Waals surface area (Å²) in [7, 11) is 0. The zero-order valence-electron chi connectivity index (χ0n) is 11.8. The smallest absolute Gasteiger partial charge is 0.124 e. The fourth-order valence-corrected chi connectivity index (χ4v) is 3.38. The molecule has 0 unspecified atom stereocenters. The fraction of sp³-hybridized carbons (Fsp3) is 0.235. The van der Waals surface area contributed by atoms with Gasteiger partial charge in [-0.3, -0.25) is 0 Å². The third kappa shape index (κ3) is 2.29. The number of nitrogens with zero attached hydrogens (tertiary/aromatic N) is 1. The lowest BCUT2D eigenvalue weighted by atomic mass is 10.1. The summed E-state index contributed by atoms with van der Waals surface area (Å²) in [5, 5.41) is 1.07. The number of hydrogen-bond acceptors (Lipinski definition) is 3. The van der Waals surface area contributed by atoms with E-state index in [0.29, 0.717) is 0 Å². The largest absolute Gasteiger partial charge is 0.399 e. The number of rotatable bonds is 3. The van der Waals surface area contributed by atoms with Crippen LogP contribution in [0.2, 0.25) is 0 Å². The van der Waals surface area contributed by atoms with Crippen molar-refractivity contribution in [3.63, 3.8) is 0 Å². The minimum absolute atomic E-state index is 0.866. The molecular weight excluding hydrogens is 264 g/mol. The lowest BCUT2D eigenvalue weighted by Gasteiger charge is -2.04. The first kappa shape index (κ1) is 13.1. The van der Waals surface area contributed by atoms with E-state index >= 15 is 0 Å². The predicted molar refractivity (Wildman–Crippen MR) is 88.2 cm³/mol. The van der Waals surface area contributed by atoms with Crippen molar-refractivity contribution in [3.8, 4) is 10.6 Å². The number of aromatic nitrogens is 1. The zero-order chi connectivity index (χ0) is 14.1. The molecule has 1 aromatic heterocycles. The summed E-state index contributed by atoms with van der Waals surface area (Å²) in [5.41, 5.74) is 11.6. The third-order valence-corrected chi connectivity index (χ3v) is 4.70. The van der Waals surface area contributed by atoms with Crippen LogP contribution in [0, 0.1) is 0 Å². The Morgan fingerprint density at radius 2 is 1.90 bits per heavy atom. The van der Waals surface area contributed by atoms with Crippen molar-refractivity contribution in [2.45, 2.75) is 26.7 Å². The van der Waals surface area contributed by atoms with E-state index in [-0.39, 0.29) is 0 Å². The number of benzene rings is 2. The van der Waals surface area contributed by atoms with E-state index in [4.69, 9.17) is 10.7 Å². The number of hydrogen-bond donors (Lipinski definition) is 1. The highest BCUT2D eigenvalue weighted by molar-refractivity contribution is 7.21. The van der Waals surface area contributed by atoms with Crippen molar-refractivity contribution in [2.75, 3.05) is 5.73 Å². The molecule has 0 saturated heterocycles. The highest BCUT2D eigenvalue weighted by Gasteiger charge is 2.08. The summed E-state index contributed by atoms with van der Waals surface area (Å²) < 4.78 is 1.26. The standard InChI is InChI=1S/C17H18N2S/c1-3-11-5-8-15-16(9-11)20-17(19-15)13-6-7-14(18)12(4-2)10-13/h5-10H,3-4,18H2,1-2H3. The Bertz CT molecular complexity index is 759. The normalized spacial score (nSPS) is 11.1. The van der Waals surface area contributed by atoms with Gasteiger partial charge in [-0.25, -0.2) is 4.98 Å². The molecule has 0 saturated carbocycles. The van der Waals surface area contributed by atoms with Gasteiger partial charge in [-0.1, -0.05) is 19.9 Å². The summed E-state index contributed by atoms with van der Waals surface area (Å²) in [6, 6.07) is 12.7. The minimum Gasteiger partial charge on any atom is -0.399 e. The Hall–Kier alpha value is -1.87. The molecule has 0 atom stereocenters. The average Bonchev–Trinajstić information content (AvgIpc) is 2.90. The quantitative estimate of drug-likeness (QED) is 0.709. The topological polar surface area (TPSA) is 38.9 Å². The minimum atomic E-state index is 0.866. The second-order valence-electron chi connectivity index (χ2n) is 4.94. The van der Waals surface area contributed by atoms with Crippen molar-refractivity contribution in [1.29, 1.82) is 0 Å². The number of aryl methyl sites for hydroxylation is 2. The Kier molecular flexibility index (Phi) is 3.45. The first-order chi connectivity index (χ1) is 9.71. The van der Waals surface area contributed by atoms with Crippen LogP contribution in [0.3, 0.4) is 0 Å². The van der Waals surface area contributed by atoms with Gasteiger partial charge in [-0.05, 0) is 54.3 Å². The van der Waals surface area contributed by atoms with E-state index in [2.05, 4.69) is 44.2 Å². The van der Waals surface area contributed by atoms with Crippen LogP contribution >= 0.6 is 11.3 Å². The highest BCUT2D eigenvalue weighted by atomic mass is 32.1. The van der Waals surface area contributed by atoms with Gasteiger partial charge in [0.1, 0.15) is 5.01 Å². The fourth-order valence-electron chi connectivity index (χ4n) is 2.36. The van der Waals surface area contributed by atoms with E-state index in [0.717, 1.165) is 34.6 Å². The maximum Gasteiger partial charge on any atom is 0.124 e. The molecule has 0 aliphatic carbocycles. The monoisotopic (exact) mass is 282 g/mol. The Morgan fingerprint density at radius 1 is 1.05 bits per heavy atom. The van der Waals surface area contributed by atoms with Crippen LogP contribution < -0.4 is 5.73 Å². The van der Waals surface area contributed by atoms with Crippen LogP contribution in [0.5, 0.6) is 0 Å². The van der Waals surface area contributed by atoms with Gasteiger partial charge in [-0.15, -0.1) is 11.3 Å². The van der Waals surface area contributed by atoms with E-state index in [1.165, 1.54) is 15.8 Å². The summed E-state index contributed by atoms with van der Waals surface area (Å²) in [6.45, 7) is 4.30. The van der Waals surface area contributed by atoms with Crippen LogP contribution in [0.4, 0.5) is 5.69 Å². The Balaban J connectivity index is 2.09. The SMILES string of the molecule is CCc1ccc2nc(-c3ccc(N)c(CC)c3)sc2c1. The van der Waals surface area contributed by atoms with E-state index in [1.807, 2.05) is 6.07 Å². The summed E-state index contributed by atoms with van der Waals surface area (Å²) >= 11 is 1.75. The second-order valence-corrected chi connectivity index (χ2v) is 5.97. The molecule has 0 aliphatic rings. The number of anilines is 1. The van der Waals surface area contributed by atoms with Gasteiger partial charge in [0.15, 0.2) is 0 Å². The molecule has 20 heavy (non-hydrogen) atoms. The van der Waals surface area contributed by atoms with E-state index in [9.17, 15) is 0 Å². The summed E-state index contributed by atoms with van der Waals surface area (Å²) in [5.74, 6) is 0. The number of fused-ring (bicyclic) bond motifs is 1. The molecule has 0 radical (unpaired) electrons. The lowest BCUT2D eigenvalue weighted by molar-refractivity contribution is 1.14. The van der Waals surface area contributed by atoms with Gasteiger partial charge in [0, 0.05) is 11.3 Å². The van der Waals surface area contributed by atoms with Gasteiger partial charge >= 0.3 is 0 Å². The van der Waals surface area contributed by atoms with Crippen LogP contribution in [-0.2, 0) is 12.8 Å². The van der Waals surface area contributed by atoms with Crippen molar-refractivity contribution in [1.82, 2.24) is 4.98 Å². The van der Waals surface area contributed by atoms with Crippen molar-refractivity contribution in [2.24, 2.45) is 0 Å². The van der Waals surface area contributed by atoms with Crippen molar-refractivity contribution in [3.05, 3.63) is 47.5 Å².